The number of benzene rings is 1. The summed E-state index contributed by atoms with van der Waals surface area (Å²) in [5.41, 5.74) is 7.71. The Morgan fingerprint density at radius 2 is 1.95 bits per heavy atom. The van der Waals surface area contributed by atoms with E-state index in [2.05, 4.69) is 54.2 Å². The highest BCUT2D eigenvalue weighted by Gasteiger charge is 2.23. The Labute approximate surface area is 117 Å². The first-order valence-corrected chi connectivity index (χ1v) is 7.33. The van der Waals surface area contributed by atoms with Gasteiger partial charge in [-0.1, -0.05) is 30.3 Å². The molecule has 0 aromatic heterocycles. The van der Waals surface area contributed by atoms with Crippen LogP contribution in [0.4, 0.5) is 0 Å². The van der Waals surface area contributed by atoms with E-state index < -0.39 is 0 Å². The van der Waals surface area contributed by atoms with E-state index in [1.54, 1.807) is 0 Å². The Bertz CT molecular complexity index is 366. The molecule has 2 unspecified atom stereocenters. The predicted octanol–water partition coefficient (Wildman–Crippen LogP) is 1.58. The van der Waals surface area contributed by atoms with Crippen LogP contribution in [0.5, 0.6) is 0 Å². The lowest BCUT2D eigenvalue weighted by Crippen LogP contribution is -2.51. The van der Waals surface area contributed by atoms with Crippen molar-refractivity contribution < 1.29 is 0 Å². The van der Waals surface area contributed by atoms with Crippen LogP contribution in [0.2, 0.25) is 0 Å². The van der Waals surface area contributed by atoms with Crippen molar-refractivity contribution >= 4 is 0 Å². The molecule has 0 radical (unpaired) electrons. The first kappa shape index (κ1) is 14.5. The molecule has 1 aliphatic rings. The zero-order chi connectivity index (χ0) is 13.7. The fourth-order valence-electron chi connectivity index (χ4n) is 2.82. The van der Waals surface area contributed by atoms with Gasteiger partial charge in [0, 0.05) is 31.7 Å². The second kappa shape index (κ2) is 7.04. The Morgan fingerprint density at radius 1 is 1.21 bits per heavy atom. The molecule has 0 aliphatic carbocycles. The number of nitrogens with two attached hydrogens (primary N) is 1. The maximum atomic E-state index is 6.31. The molecule has 0 spiro atoms. The largest absolute Gasteiger partial charge is 0.328 e. The minimum absolute atomic E-state index is 0.305. The first-order chi connectivity index (χ1) is 9.15. The average Bonchev–Trinajstić information content (AvgIpc) is 2.42. The zero-order valence-corrected chi connectivity index (χ0v) is 12.3. The summed E-state index contributed by atoms with van der Waals surface area (Å²) in [6.45, 7) is 3.48. The number of nitrogens with zero attached hydrogens (tertiary/aromatic N) is 2. The van der Waals surface area contributed by atoms with Crippen LogP contribution in [0.1, 0.15) is 18.4 Å². The van der Waals surface area contributed by atoms with Gasteiger partial charge in [0.1, 0.15) is 0 Å². The molecular formula is C16H27N3. The monoisotopic (exact) mass is 261 g/mol. The van der Waals surface area contributed by atoms with Crippen LogP contribution in [0, 0.1) is 0 Å². The van der Waals surface area contributed by atoms with Crippen LogP contribution in [0.15, 0.2) is 30.3 Å². The third-order valence-corrected chi connectivity index (χ3v) is 4.20. The van der Waals surface area contributed by atoms with Crippen molar-refractivity contribution in [3.63, 3.8) is 0 Å². The highest BCUT2D eigenvalue weighted by atomic mass is 15.3. The van der Waals surface area contributed by atoms with Crippen molar-refractivity contribution in [1.29, 1.82) is 0 Å². The van der Waals surface area contributed by atoms with Gasteiger partial charge in [-0.25, -0.2) is 0 Å². The van der Waals surface area contributed by atoms with Crippen molar-refractivity contribution in [3.05, 3.63) is 35.9 Å². The van der Waals surface area contributed by atoms with E-state index in [-0.39, 0.29) is 0 Å². The normalized spacial score (nSPS) is 23.4. The molecule has 3 heteroatoms. The van der Waals surface area contributed by atoms with Gasteiger partial charge in [0.25, 0.3) is 0 Å². The molecule has 1 saturated heterocycles. The highest BCUT2D eigenvalue weighted by molar-refractivity contribution is 5.14. The van der Waals surface area contributed by atoms with Gasteiger partial charge in [0.15, 0.2) is 0 Å². The Hall–Kier alpha value is -0.900. The average molecular weight is 261 g/mol. The van der Waals surface area contributed by atoms with Gasteiger partial charge in [-0.05, 0) is 38.9 Å². The Morgan fingerprint density at radius 3 is 2.68 bits per heavy atom. The number of hydrogen-bond acceptors (Lipinski definition) is 3. The van der Waals surface area contributed by atoms with E-state index in [1.807, 2.05) is 0 Å². The van der Waals surface area contributed by atoms with E-state index in [1.165, 1.54) is 12.1 Å². The molecule has 0 saturated carbocycles. The van der Waals surface area contributed by atoms with Crippen molar-refractivity contribution in [1.82, 2.24) is 9.80 Å². The molecule has 0 bridgehead atoms. The lowest BCUT2D eigenvalue weighted by atomic mass is 9.98. The Kier molecular flexibility index (Phi) is 5.37. The third kappa shape index (κ3) is 4.60. The summed E-state index contributed by atoms with van der Waals surface area (Å²) in [7, 11) is 4.43. The summed E-state index contributed by atoms with van der Waals surface area (Å²) in [5, 5.41) is 0. The molecule has 2 N–H and O–H groups in total. The second-order valence-electron chi connectivity index (χ2n) is 5.92. The molecule has 19 heavy (non-hydrogen) atoms. The molecular weight excluding hydrogens is 234 g/mol. The van der Waals surface area contributed by atoms with E-state index in [0.717, 1.165) is 32.4 Å². The first-order valence-electron chi connectivity index (χ1n) is 7.33. The quantitative estimate of drug-likeness (QED) is 0.873. The molecule has 1 fully saturated rings. The van der Waals surface area contributed by atoms with E-state index in [0.29, 0.717) is 12.1 Å². The second-order valence-corrected chi connectivity index (χ2v) is 5.92. The highest BCUT2D eigenvalue weighted by Crippen LogP contribution is 2.14. The van der Waals surface area contributed by atoms with Gasteiger partial charge in [-0.15, -0.1) is 0 Å². The summed E-state index contributed by atoms with van der Waals surface area (Å²) < 4.78 is 0. The van der Waals surface area contributed by atoms with E-state index in [4.69, 9.17) is 5.73 Å². The van der Waals surface area contributed by atoms with Gasteiger partial charge in [-0.2, -0.15) is 0 Å². The standard InChI is InChI=1S/C16H27N3/c1-18-10-11-19(2)16(13-18)12-15(17)9-8-14-6-4-3-5-7-14/h3-7,15-16H,8-13,17H2,1-2H3. The molecule has 106 valence electrons. The van der Waals surface area contributed by atoms with E-state index in [9.17, 15) is 0 Å². The fraction of sp³-hybridized carbons (Fsp3) is 0.625. The topological polar surface area (TPSA) is 32.5 Å². The summed E-state index contributed by atoms with van der Waals surface area (Å²) >= 11 is 0. The van der Waals surface area contributed by atoms with Crippen LogP contribution >= 0.6 is 0 Å². The van der Waals surface area contributed by atoms with Crippen molar-refractivity contribution in [2.75, 3.05) is 33.7 Å². The zero-order valence-electron chi connectivity index (χ0n) is 12.3. The summed E-state index contributed by atoms with van der Waals surface area (Å²) in [6, 6.07) is 11.6. The smallest absolute Gasteiger partial charge is 0.0235 e. The van der Waals surface area contributed by atoms with Crippen molar-refractivity contribution in [2.45, 2.75) is 31.3 Å². The molecule has 0 amide bonds. The maximum absolute atomic E-state index is 6.31. The minimum atomic E-state index is 0.305. The van der Waals surface area contributed by atoms with Crippen LogP contribution in [-0.4, -0.2) is 55.6 Å². The van der Waals surface area contributed by atoms with Crippen LogP contribution in [0.3, 0.4) is 0 Å². The molecule has 1 heterocycles. The lowest BCUT2D eigenvalue weighted by molar-refractivity contribution is 0.103. The number of piperazine rings is 1. The van der Waals surface area contributed by atoms with Gasteiger partial charge in [-0.3, -0.25) is 0 Å². The molecule has 1 aliphatic heterocycles. The number of rotatable bonds is 5. The van der Waals surface area contributed by atoms with Crippen LogP contribution < -0.4 is 5.73 Å². The minimum Gasteiger partial charge on any atom is -0.328 e. The van der Waals surface area contributed by atoms with Gasteiger partial charge >= 0.3 is 0 Å². The molecule has 1 aromatic carbocycles. The maximum Gasteiger partial charge on any atom is 0.0235 e. The van der Waals surface area contributed by atoms with Gasteiger partial charge in [0.05, 0.1) is 0 Å². The fourth-order valence-corrected chi connectivity index (χ4v) is 2.82. The SMILES string of the molecule is CN1CCN(C)C(CC(N)CCc2ccccc2)C1. The van der Waals surface area contributed by atoms with Gasteiger partial charge in [0.2, 0.25) is 0 Å². The Balaban J connectivity index is 1.76. The summed E-state index contributed by atoms with van der Waals surface area (Å²) in [5.74, 6) is 0. The number of aryl methyl sites for hydroxylation is 1. The molecule has 1 aromatic rings. The predicted molar refractivity (Wildman–Crippen MR) is 81.3 cm³/mol. The molecule has 3 nitrogen and oxygen atoms in total. The third-order valence-electron chi connectivity index (χ3n) is 4.20. The van der Waals surface area contributed by atoms with Crippen LogP contribution in [-0.2, 0) is 6.42 Å². The lowest BCUT2D eigenvalue weighted by Gasteiger charge is -2.38. The summed E-state index contributed by atoms with van der Waals surface area (Å²) in [4.78, 5) is 4.87. The van der Waals surface area contributed by atoms with Crippen molar-refractivity contribution in [3.8, 4) is 0 Å². The van der Waals surface area contributed by atoms with Crippen molar-refractivity contribution in [2.24, 2.45) is 5.73 Å². The van der Waals surface area contributed by atoms with Gasteiger partial charge < -0.3 is 15.5 Å². The summed E-state index contributed by atoms with van der Waals surface area (Å²) in [6.07, 6.45) is 3.28. The molecule has 2 rings (SSSR count). The number of likely N-dealkylation sites (N-methyl/N-ethyl adjacent to an activating group) is 2. The number of hydrogen-bond donors (Lipinski definition) is 1. The van der Waals surface area contributed by atoms with E-state index >= 15 is 0 Å². The van der Waals surface area contributed by atoms with Crippen LogP contribution in [0.25, 0.3) is 0 Å². The molecule has 2 atom stereocenters.